The van der Waals surface area contributed by atoms with Gasteiger partial charge in [-0.15, -0.1) is 0 Å². The van der Waals surface area contributed by atoms with Gasteiger partial charge >= 0.3 is 0 Å². The second-order valence-electron chi connectivity index (χ2n) is 1.91. The predicted octanol–water partition coefficient (Wildman–Crippen LogP) is -0.453. The summed E-state index contributed by atoms with van der Waals surface area (Å²) in [6.07, 6.45) is 0. The second kappa shape index (κ2) is 8.04. The Morgan fingerprint density at radius 1 is 1.18 bits per heavy atom. The quantitative estimate of drug-likeness (QED) is 0.410. The predicted molar refractivity (Wildman–Crippen MR) is 48.6 cm³/mol. The van der Waals surface area contributed by atoms with Gasteiger partial charge in [-0.2, -0.15) is 0 Å². The van der Waals surface area contributed by atoms with Crippen molar-refractivity contribution >= 4 is 35.2 Å². The summed E-state index contributed by atoms with van der Waals surface area (Å²) in [5.74, 6) is 0. The molecule has 4 heteroatoms. The molecule has 0 aliphatic carbocycles. The molecule has 0 aliphatic heterocycles. The number of anilines is 1. The molecule has 6 N–H and O–H groups in total. The zero-order valence-corrected chi connectivity index (χ0v) is 8.89. The number of hydrogen-bond donors (Lipinski definition) is 1. The first-order chi connectivity index (χ1) is 3.79. The van der Waals surface area contributed by atoms with Crippen molar-refractivity contribution in [3.63, 3.8) is 0 Å². The average Bonchev–Trinajstić information content (AvgIpc) is 1.64. The van der Waals surface area contributed by atoms with E-state index in [4.69, 9.17) is 5.73 Å². The zero-order chi connectivity index (χ0) is 5.98. The smallest absolute Gasteiger partial charge is 0.0316 e. The molecule has 3 nitrogen and oxygen atoms in total. The van der Waals surface area contributed by atoms with E-state index in [2.05, 4.69) is 0 Å². The number of benzene rings is 1. The Labute approximate surface area is 88.5 Å². The zero-order valence-electron chi connectivity index (χ0n) is 6.89. The van der Waals surface area contributed by atoms with Crippen LogP contribution < -0.4 is 5.73 Å². The summed E-state index contributed by atoms with van der Waals surface area (Å²) < 4.78 is 0. The molecular formula is C7H13NNaO2. The molecule has 0 unspecified atom stereocenters. The van der Waals surface area contributed by atoms with Gasteiger partial charge in [0.25, 0.3) is 0 Å². The van der Waals surface area contributed by atoms with Gasteiger partial charge in [-0.05, 0) is 24.6 Å². The van der Waals surface area contributed by atoms with Crippen LogP contribution >= 0.6 is 0 Å². The van der Waals surface area contributed by atoms with Crippen LogP contribution in [0.1, 0.15) is 5.56 Å². The minimum Gasteiger partial charge on any atom is -0.412 e. The molecule has 1 rings (SSSR count). The third-order valence-corrected chi connectivity index (χ3v) is 1.04. The summed E-state index contributed by atoms with van der Waals surface area (Å²) in [5.41, 5.74) is 7.51. The normalized spacial score (nSPS) is 6.64. The second-order valence-corrected chi connectivity index (χ2v) is 1.91. The fraction of sp³-hybridized carbons (Fsp3) is 0.143. The molecule has 0 bridgehead atoms. The Hall–Kier alpha value is -0.0600. The van der Waals surface area contributed by atoms with Gasteiger partial charge in [0.1, 0.15) is 0 Å². The van der Waals surface area contributed by atoms with Crippen molar-refractivity contribution in [2.45, 2.75) is 6.92 Å². The average molecular weight is 166 g/mol. The molecule has 0 amide bonds. The number of hydrogen-bond acceptors (Lipinski definition) is 1. The van der Waals surface area contributed by atoms with Crippen LogP contribution in [0.5, 0.6) is 0 Å². The van der Waals surface area contributed by atoms with Crippen molar-refractivity contribution in [2.24, 2.45) is 0 Å². The summed E-state index contributed by atoms with van der Waals surface area (Å²) in [7, 11) is 0. The van der Waals surface area contributed by atoms with Crippen molar-refractivity contribution in [1.82, 2.24) is 0 Å². The first-order valence-corrected chi connectivity index (χ1v) is 2.61. The van der Waals surface area contributed by atoms with Gasteiger partial charge in [0.15, 0.2) is 0 Å². The molecule has 0 heterocycles. The van der Waals surface area contributed by atoms with Crippen molar-refractivity contribution in [2.75, 3.05) is 5.73 Å². The van der Waals surface area contributed by atoms with E-state index in [1.165, 1.54) is 5.56 Å². The first kappa shape index (κ1) is 17.1. The molecule has 0 saturated carbocycles. The van der Waals surface area contributed by atoms with E-state index in [-0.39, 0.29) is 40.5 Å². The maximum atomic E-state index is 5.46. The summed E-state index contributed by atoms with van der Waals surface area (Å²) in [5, 5.41) is 0. The molecular weight excluding hydrogens is 153 g/mol. The van der Waals surface area contributed by atoms with Gasteiger partial charge < -0.3 is 16.7 Å². The first-order valence-electron chi connectivity index (χ1n) is 2.61. The van der Waals surface area contributed by atoms with Crippen molar-refractivity contribution in [1.29, 1.82) is 0 Å². The van der Waals surface area contributed by atoms with Crippen LogP contribution in [-0.2, 0) is 0 Å². The van der Waals surface area contributed by atoms with E-state index >= 15 is 0 Å². The number of aryl methyl sites for hydroxylation is 1. The third kappa shape index (κ3) is 6.34. The molecule has 0 aromatic heterocycles. The van der Waals surface area contributed by atoms with E-state index in [1.807, 2.05) is 31.2 Å². The van der Waals surface area contributed by atoms with E-state index in [0.717, 1.165) is 5.69 Å². The number of rotatable bonds is 0. The molecule has 1 aromatic carbocycles. The SMILES string of the molecule is Cc1cccc(N)c1.O.O.[Na]. The van der Waals surface area contributed by atoms with Gasteiger partial charge in [0, 0.05) is 35.2 Å². The molecule has 0 fully saturated rings. The number of nitrogen functional groups attached to an aromatic ring is 1. The van der Waals surface area contributed by atoms with E-state index in [1.54, 1.807) is 0 Å². The van der Waals surface area contributed by atoms with Gasteiger partial charge in [-0.3, -0.25) is 0 Å². The molecule has 0 aliphatic rings. The van der Waals surface area contributed by atoms with Gasteiger partial charge in [-0.1, -0.05) is 12.1 Å². The maximum Gasteiger partial charge on any atom is 0.0316 e. The van der Waals surface area contributed by atoms with Gasteiger partial charge in [-0.25, -0.2) is 0 Å². The molecule has 1 aromatic rings. The fourth-order valence-electron chi connectivity index (χ4n) is 0.670. The summed E-state index contributed by atoms with van der Waals surface area (Å²) in [6.45, 7) is 2.02. The molecule has 11 heavy (non-hydrogen) atoms. The van der Waals surface area contributed by atoms with Crippen molar-refractivity contribution in [3.8, 4) is 0 Å². The van der Waals surface area contributed by atoms with E-state index in [0.29, 0.717) is 0 Å². The van der Waals surface area contributed by atoms with Crippen LogP contribution in [0.25, 0.3) is 0 Å². The van der Waals surface area contributed by atoms with Crippen molar-refractivity contribution < 1.29 is 11.0 Å². The Morgan fingerprint density at radius 2 is 1.73 bits per heavy atom. The fourth-order valence-corrected chi connectivity index (χ4v) is 0.670. The van der Waals surface area contributed by atoms with Crippen LogP contribution in [0.2, 0.25) is 0 Å². The van der Waals surface area contributed by atoms with Crippen LogP contribution in [-0.4, -0.2) is 40.5 Å². The van der Waals surface area contributed by atoms with Crippen LogP contribution in [0, 0.1) is 6.92 Å². The Bertz CT molecular complexity index is 176. The van der Waals surface area contributed by atoms with Crippen LogP contribution in [0.4, 0.5) is 5.69 Å². The Kier molecular flexibility index (Phi) is 12.5. The summed E-state index contributed by atoms with van der Waals surface area (Å²) in [6, 6.07) is 7.80. The largest absolute Gasteiger partial charge is 0.412 e. The standard InChI is InChI=1S/C7H9N.Na.2H2O/c1-6-3-2-4-7(8)5-6;;;/h2-5H,8H2,1H3;;2*1H2. The maximum absolute atomic E-state index is 5.46. The van der Waals surface area contributed by atoms with Crippen molar-refractivity contribution in [3.05, 3.63) is 29.8 Å². The Morgan fingerprint density at radius 3 is 2.00 bits per heavy atom. The summed E-state index contributed by atoms with van der Waals surface area (Å²) in [4.78, 5) is 0. The van der Waals surface area contributed by atoms with Crippen LogP contribution in [0.3, 0.4) is 0 Å². The monoisotopic (exact) mass is 166 g/mol. The molecule has 0 saturated heterocycles. The van der Waals surface area contributed by atoms with E-state index in [9.17, 15) is 0 Å². The molecule has 0 atom stereocenters. The Balaban J connectivity index is -0.000000213. The number of nitrogens with two attached hydrogens (primary N) is 1. The van der Waals surface area contributed by atoms with Gasteiger partial charge in [0.05, 0.1) is 0 Å². The van der Waals surface area contributed by atoms with Gasteiger partial charge in [0.2, 0.25) is 0 Å². The summed E-state index contributed by atoms with van der Waals surface area (Å²) >= 11 is 0. The topological polar surface area (TPSA) is 89.0 Å². The van der Waals surface area contributed by atoms with Crippen LogP contribution in [0.15, 0.2) is 24.3 Å². The van der Waals surface area contributed by atoms with E-state index < -0.39 is 0 Å². The molecule has 0 spiro atoms. The molecule has 59 valence electrons. The minimum absolute atomic E-state index is 0. The third-order valence-electron chi connectivity index (χ3n) is 1.04. The minimum atomic E-state index is 0. The molecule has 1 radical (unpaired) electrons.